The Kier molecular flexibility index (Phi) is 3.66. The van der Waals surface area contributed by atoms with E-state index in [1.165, 1.54) is 25.1 Å². The number of anilines is 2. The number of nitrogen functional groups attached to an aromatic ring is 1. The lowest BCUT2D eigenvalue weighted by Crippen LogP contribution is -2.13. The Morgan fingerprint density at radius 2 is 2.16 bits per heavy atom. The molecule has 0 atom stereocenters. The molecule has 2 rings (SSSR count). The van der Waals surface area contributed by atoms with Gasteiger partial charge < -0.3 is 5.73 Å². The van der Waals surface area contributed by atoms with E-state index in [4.69, 9.17) is 17.3 Å². The van der Waals surface area contributed by atoms with Crippen molar-refractivity contribution in [1.82, 2.24) is 4.98 Å². The summed E-state index contributed by atoms with van der Waals surface area (Å²) in [5.41, 5.74) is 5.48. The van der Waals surface area contributed by atoms with Crippen LogP contribution in [0.25, 0.3) is 0 Å². The highest BCUT2D eigenvalue weighted by Crippen LogP contribution is 2.29. The predicted molar refractivity (Wildman–Crippen MR) is 73.5 cm³/mol. The van der Waals surface area contributed by atoms with Gasteiger partial charge >= 0.3 is 0 Å². The number of hydrogen-bond donors (Lipinski definition) is 2. The van der Waals surface area contributed by atoms with Crippen LogP contribution in [-0.4, -0.2) is 13.4 Å². The molecule has 0 saturated carbocycles. The largest absolute Gasteiger partial charge is 0.375 e. The van der Waals surface area contributed by atoms with Gasteiger partial charge in [-0.15, -0.1) is 0 Å². The van der Waals surface area contributed by atoms with Gasteiger partial charge in [-0.2, -0.15) is 0 Å². The molecule has 1 heterocycles. The van der Waals surface area contributed by atoms with Crippen LogP contribution in [0.15, 0.2) is 22.4 Å². The fourth-order valence-corrected chi connectivity index (χ4v) is 3.96. The number of aryl methyl sites for hydroxylation is 1. The Balaban J connectivity index is 2.42. The summed E-state index contributed by atoms with van der Waals surface area (Å²) in [4.78, 5) is 3.82. The third kappa shape index (κ3) is 2.80. The molecule has 1 aromatic heterocycles. The van der Waals surface area contributed by atoms with Gasteiger partial charge in [0.1, 0.15) is 0 Å². The summed E-state index contributed by atoms with van der Waals surface area (Å²) in [7, 11) is -3.94. The number of nitrogens with two attached hydrogens (primary N) is 1. The first-order valence-electron chi connectivity index (χ1n) is 5.01. The maximum absolute atomic E-state index is 13.7. The lowest BCUT2D eigenvalue weighted by Gasteiger charge is -2.08. The van der Waals surface area contributed by atoms with Crippen molar-refractivity contribution in [3.8, 4) is 0 Å². The molecule has 0 aliphatic heterocycles. The van der Waals surface area contributed by atoms with Gasteiger partial charge in [0.25, 0.3) is 10.0 Å². The molecular formula is C10H9ClFN3O2S2. The highest BCUT2D eigenvalue weighted by molar-refractivity contribution is 7.94. The van der Waals surface area contributed by atoms with Crippen LogP contribution in [0.2, 0.25) is 5.02 Å². The van der Waals surface area contributed by atoms with Gasteiger partial charge in [-0.1, -0.05) is 29.0 Å². The van der Waals surface area contributed by atoms with Gasteiger partial charge in [0.2, 0.25) is 0 Å². The average Bonchev–Trinajstić information content (AvgIpc) is 2.65. The first-order chi connectivity index (χ1) is 8.81. The lowest BCUT2D eigenvalue weighted by atomic mass is 10.3. The van der Waals surface area contributed by atoms with Crippen molar-refractivity contribution < 1.29 is 12.8 Å². The van der Waals surface area contributed by atoms with Crippen LogP contribution in [0.5, 0.6) is 0 Å². The van der Waals surface area contributed by atoms with Gasteiger partial charge in [0, 0.05) is 0 Å². The maximum atomic E-state index is 13.7. The Hall–Kier alpha value is -1.38. The van der Waals surface area contributed by atoms with E-state index in [1.54, 1.807) is 0 Å². The molecule has 3 N–H and O–H groups in total. The lowest BCUT2D eigenvalue weighted by molar-refractivity contribution is 0.599. The molecule has 0 unspecified atom stereocenters. The number of nitrogens with zero attached hydrogens (tertiary/aromatic N) is 1. The van der Waals surface area contributed by atoms with Crippen molar-refractivity contribution in [1.29, 1.82) is 0 Å². The summed E-state index contributed by atoms with van der Waals surface area (Å²) in [5.74, 6) is -0.831. The number of aromatic nitrogens is 1. The minimum atomic E-state index is -3.94. The van der Waals surface area contributed by atoms with Gasteiger partial charge in [-0.3, -0.25) is 4.72 Å². The van der Waals surface area contributed by atoms with Crippen molar-refractivity contribution in [3.63, 3.8) is 0 Å². The molecule has 1 aromatic carbocycles. The van der Waals surface area contributed by atoms with Crippen LogP contribution in [0.4, 0.5) is 15.2 Å². The molecule has 0 spiro atoms. The highest BCUT2D eigenvalue weighted by Gasteiger charge is 2.23. The van der Waals surface area contributed by atoms with Crippen molar-refractivity contribution in [2.24, 2.45) is 0 Å². The number of thiazole rings is 1. The van der Waals surface area contributed by atoms with E-state index < -0.39 is 15.8 Å². The van der Waals surface area contributed by atoms with Crippen molar-refractivity contribution in [3.05, 3.63) is 34.7 Å². The summed E-state index contributed by atoms with van der Waals surface area (Å²) in [6.45, 7) is 1.51. The predicted octanol–water partition coefficient (Wildman–Crippen LogP) is 2.63. The fraction of sp³-hybridized carbons (Fsp3) is 0.100. The second-order valence-corrected chi connectivity index (χ2v) is 6.95. The molecule has 0 aliphatic carbocycles. The number of benzene rings is 1. The Morgan fingerprint density at radius 1 is 1.47 bits per heavy atom. The average molecular weight is 322 g/mol. The van der Waals surface area contributed by atoms with Crippen LogP contribution in [-0.2, 0) is 10.0 Å². The summed E-state index contributed by atoms with van der Waals surface area (Å²) in [5, 5.41) is -0.0369. The zero-order chi connectivity index (χ0) is 14.2. The normalized spacial score (nSPS) is 11.5. The third-order valence-electron chi connectivity index (χ3n) is 2.21. The molecule has 5 nitrogen and oxygen atoms in total. The van der Waals surface area contributed by atoms with Gasteiger partial charge in [0.15, 0.2) is 15.2 Å². The third-order valence-corrected chi connectivity index (χ3v) is 5.46. The summed E-state index contributed by atoms with van der Waals surface area (Å²) in [6, 6.07) is 4.04. The van der Waals surface area contributed by atoms with Crippen molar-refractivity contribution >= 4 is 43.8 Å². The Bertz CT molecular complexity index is 730. The molecule has 0 amide bonds. The minimum absolute atomic E-state index is 0.0515. The molecule has 0 fully saturated rings. The van der Waals surface area contributed by atoms with Crippen LogP contribution in [0.3, 0.4) is 0 Å². The Morgan fingerprint density at radius 3 is 2.74 bits per heavy atom. The summed E-state index contributed by atoms with van der Waals surface area (Å²) >= 11 is 6.40. The van der Waals surface area contributed by atoms with E-state index in [0.717, 1.165) is 11.3 Å². The van der Waals surface area contributed by atoms with Crippen LogP contribution in [0, 0.1) is 12.7 Å². The highest BCUT2D eigenvalue weighted by atomic mass is 35.5. The molecule has 9 heteroatoms. The minimum Gasteiger partial charge on any atom is -0.375 e. The van der Waals surface area contributed by atoms with E-state index >= 15 is 0 Å². The van der Waals surface area contributed by atoms with Crippen molar-refractivity contribution in [2.75, 3.05) is 10.5 Å². The van der Waals surface area contributed by atoms with E-state index in [9.17, 15) is 12.8 Å². The molecule has 19 heavy (non-hydrogen) atoms. The van der Waals surface area contributed by atoms with E-state index in [1.807, 2.05) is 0 Å². The monoisotopic (exact) mass is 321 g/mol. The standard InChI is InChI=1S/C10H9ClFN3O2S2/c1-5-9(18-10(13)14-5)19(16,17)15-7-4-2-3-6(11)8(7)12/h2-4,15H,1H3,(H2,13,14). The van der Waals surface area contributed by atoms with Crippen LogP contribution in [0.1, 0.15) is 5.69 Å². The quantitative estimate of drug-likeness (QED) is 0.910. The second-order valence-electron chi connectivity index (χ2n) is 3.63. The molecule has 0 bridgehead atoms. The number of halogens is 2. The molecule has 0 radical (unpaired) electrons. The first kappa shape index (κ1) is 14.0. The Labute approximate surface area is 118 Å². The molecular weight excluding hydrogens is 313 g/mol. The molecule has 0 aliphatic rings. The maximum Gasteiger partial charge on any atom is 0.273 e. The van der Waals surface area contributed by atoms with E-state index in [-0.39, 0.29) is 25.7 Å². The van der Waals surface area contributed by atoms with Gasteiger partial charge in [-0.25, -0.2) is 17.8 Å². The number of nitrogens with one attached hydrogen (secondary N) is 1. The fourth-order valence-electron chi connectivity index (χ4n) is 1.43. The number of hydrogen-bond acceptors (Lipinski definition) is 5. The topological polar surface area (TPSA) is 85.1 Å². The smallest absolute Gasteiger partial charge is 0.273 e. The van der Waals surface area contributed by atoms with Crippen LogP contribution >= 0.6 is 22.9 Å². The zero-order valence-electron chi connectivity index (χ0n) is 9.65. The number of sulfonamides is 1. The molecule has 0 saturated heterocycles. The number of rotatable bonds is 3. The van der Waals surface area contributed by atoms with E-state index in [2.05, 4.69) is 9.71 Å². The first-order valence-corrected chi connectivity index (χ1v) is 7.69. The van der Waals surface area contributed by atoms with Crippen molar-refractivity contribution in [2.45, 2.75) is 11.1 Å². The molecule has 2 aromatic rings. The van der Waals surface area contributed by atoms with E-state index in [0.29, 0.717) is 0 Å². The molecule has 102 valence electrons. The second kappa shape index (κ2) is 4.95. The van der Waals surface area contributed by atoms with Crippen LogP contribution < -0.4 is 10.5 Å². The van der Waals surface area contributed by atoms with Gasteiger partial charge in [0.05, 0.1) is 16.4 Å². The van der Waals surface area contributed by atoms with Gasteiger partial charge in [-0.05, 0) is 19.1 Å². The summed E-state index contributed by atoms with van der Waals surface area (Å²) in [6.07, 6.45) is 0. The summed E-state index contributed by atoms with van der Waals surface area (Å²) < 4.78 is 39.9. The SMILES string of the molecule is Cc1nc(N)sc1S(=O)(=O)Nc1cccc(Cl)c1F. The zero-order valence-corrected chi connectivity index (χ0v) is 12.0.